The summed E-state index contributed by atoms with van der Waals surface area (Å²) >= 11 is 0. The highest BCUT2D eigenvalue weighted by Gasteiger charge is 2.44. The molecule has 0 saturated carbocycles. The molecule has 1 fully saturated rings. The second kappa shape index (κ2) is 8.14. The monoisotopic (exact) mass is 445 g/mol. The van der Waals surface area contributed by atoms with Crippen LogP contribution < -0.4 is 14.8 Å². The average Bonchev–Trinajstić information content (AvgIpc) is 2.75. The molecule has 0 bridgehead atoms. The van der Waals surface area contributed by atoms with E-state index in [1.54, 1.807) is 38.3 Å². The summed E-state index contributed by atoms with van der Waals surface area (Å²) in [5.41, 5.74) is 2.08. The maximum absolute atomic E-state index is 13.1. The minimum atomic E-state index is -3.66. The van der Waals surface area contributed by atoms with Gasteiger partial charge in [0.2, 0.25) is 10.0 Å². The fourth-order valence-corrected chi connectivity index (χ4v) is 6.10. The van der Waals surface area contributed by atoms with Crippen LogP contribution in [0.5, 0.6) is 5.75 Å². The van der Waals surface area contributed by atoms with E-state index in [0.717, 1.165) is 25.2 Å². The zero-order valence-corrected chi connectivity index (χ0v) is 18.7. The van der Waals surface area contributed by atoms with Crippen molar-refractivity contribution in [3.8, 4) is 5.75 Å². The quantitative estimate of drug-likeness (QED) is 0.698. The van der Waals surface area contributed by atoms with Crippen LogP contribution in [0.2, 0.25) is 0 Å². The van der Waals surface area contributed by atoms with Crippen molar-refractivity contribution in [1.82, 2.24) is 9.62 Å². The number of esters is 1. The van der Waals surface area contributed by atoms with Gasteiger partial charge in [0.15, 0.2) is 0 Å². The Morgan fingerprint density at radius 1 is 1.10 bits per heavy atom. The number of anilines is 1. The number of piperidine rings is 1. The number of nitrogens with one attached hydrogen (secondary N) is 2. The molecule has 2 N–H and O–H groups in total. The van der Waals surface area contributed by atoms with Crippen molar-refractivity contribution >= 4 is 21.7 Å². The third-order valence-electron chi connectivity index (χ3n) is 5.99. The second-order valence-electron chi connectivity index (χ2n) is 8.07. The lowest BCUT2D eigenvalue weighted by Gasteiger charge is -2.46. The number of aryl methyl sites for hydroxylation is 1. The van der Waals surface area contributed by atoms with Gasteiger partial charge in [-0.25, -0.2) is 13.2 Å². The van der Waals surface area contributed by atoms with Crippen LogP contribution in [0.3, 0.4) is 0 Å². The van der Waals surface area contributed by atoms with Crippen molar-refractivity contribution in [3.05, 3.63) is 53.1 Å². The predicted molar refractivity (Wildman–Crippen MR) is 117 cm³/mol. The Labute approximate surface area is 182 Å². The molecule has 2 aliphatic rings. The number of methoxy groups -OCH3 is 2. The molecule has 8 nitrogen and oxygen atoms in total. The van der Waals surface area contributed by atoms with Gasteiger partial charge in [0.1, 0.15) is 16.3 Å². The van der Waals surface area contributed by atoms with Crippen molar-refractivity contribution < 1.29 is 22.7 Å². The summed E-state index contributed by atoms with van der Waals surface area (Å²) in [7, 11) is -0.753. The second-order valence-corrected chi connectivity index (χ2v) is 9.69. The third kappa shape index (κ3) is 4.13. The fraction of sp³-hybridized carbons (Fsp3) is 0.409. The number of hydrogen-bond donors (Lipinski definition) is 2. The van der Waals surface area contributed by atoms with Crippen molar-refractivity contribution in [2.24, 2.45) is 0 Å². The summed E-state index contributed by atoms with van der Waals surface area (Å²) in [5, 5.41) is 3.45. The first-order valence-electron chi connectivity index (χ1n) is 10.2. The highest BCUT2D eigenvalue weighted by atomic mass is 32.2. The minimum Gasteiger partial charge on any atom is -0.495 e. The van der Waals surface area contributed by atoms with Gasteiger partial charge in [-0.3, -0.25) is 4.90 Å². The normalized spacial score (nSPS) is 19.3. The summed E-state index contributed by atoms with van der Waals surface area (Å²) in [6, 6.07) is 10.9. The highest BCUT2D eigenvalue weighted by molar-refractivity contribution is 7.89. The van der Waals surface area contributed by atoms with Gasteiger partial charge in [-0.2, -0.15) is 4.72 Å². The van der Waals surface area contributed by atoms with E-state index in [9.17, 15) is 13.2 Å². The first-order chi connectivity index (χ1) is 14.8. The SMILES string of the molecule is COC(=O)c1ccc(CN2CCC3(CC2)Nc2c(OC)ccc(C)c2S(=O)(=O)N3)cc1. The number of carbonyl (C=O) groups is 1. The van der Waals surface area contributed by atoms with Gasteiger partial charge < -0.3 is 14.8 Å². The molecular formula is C22H27N3O5S. The summed E-state index contributed by atoms with van der Waals surface area (Å²) < 4.78 is 39.2. The van der Waals surface area contributed by atoms with Crippen LogP contribution in [0.15, 0.2) is 41.3 Å². The summed E-state index contributed by atoms with van der Waals surface area (Å²) in [5.74, 6) is 0.172. The molecule has 2 aromatic carbocycles. The van der Waals surface area contributed by atoms with Crippen molar-refractivity contribution in [2.75, 3.05) is 32.6 Å². The topological polar surface area (TPSA) is 97.0 Å². The number of sulfonamides is 1. The fourth-order valence-electron chi connectivity index (χ4n) is 4.32. The van der Waals surface area contributed by atoms with Crippen LogP contribution in [0.1, 0.15) is 34.3 Å². The first-order valence-corrected chi connectivity index (χ1v) is 11.6. The van der Waals surface area contributed by atoms with Gasteiger partial charge in [-0.1, -0.05) is 18.2 Å². The van der Waals surface area contributed by atoms with E-state index in [1.807, 2.05) is 12.1 Å². The molecule has 2 aliphatic heterocycles. The number of ether oxygens (including phenoxy) is 2. The van der Waals surface area contributed by atoms with E-state index in [0.29, 0.717) is 35.4 Å². The molecule has 4 rings (SSSR count). The number of fused-ring (bicyclic) bond motifs is 1. The van der Waals surface area contributed by atoms with Crippen LogP contribution >= 0.6 is 0 Å². The zero-order valence-electron chi connectivity index (χ0n) is 17.9. The molecule has 0 atom stereocenters. The third-order valence-corrected chi connectivity index (χ3v) is 7.71. The lowest BCUT2D eigenvalue weighted by molar-refractivity contribution is 0.0600. The molecule has 0 aromatic heterocycles. The number of benzene rings is 2. The summed E-state index contributed by atoms with van der Waals surface area (Å²) in [6.07, 6.45) is 1.23. The zero-order chi connectivity index (χ0) is 22.2. The van der Waals surface area contributed by atoms with Gasteiger partial charge in [0.25, 0.3) is 0 Å². The van der Waals surface area contributed by atoms with Gasteiger partial charge in [0.05, 0.1) is 25.5 Å². The van der Waals surface area contributed by atoms with Gasteiger partial charge >= 0.3 is 5.97 Å². The molecule has 0 amide bonds. The van der Waals surface area contributed by atoms with E-state index in [-0.39, 0.29) is 10.9 Å². The van der Waals surface area contributed by atoms with Crippen LogP contribution in [-0.2, 0) is 21.3 Å². The van der Waals surface area contributed by atoms with Gasteiger partial charge in [-0.05, 0) is 49.1 Å². The molecule has 2 aromatic rings. The van der Waals surface area contributed by atoms with Gasteiger partial charge in [0, 0.05) is 19.6 Å². The average molecular weight is 446 g/mol. The molecule has 166 valence electrons. The van der Waals surface area contributed by atoms with Crippen LogP contribution in [0.25, 0.3) is 0 Å². The largest absolute Gasteiger partial charge is 0.495 e. The van der Waals surface area contributed by atoms with E-state index in [4.69, 9.17) is 9.47 Å². The highest BCUT2D eigenvalue weighted by Crippen LogP contribution is 2.42. The Kier molecular flexibility index (Phi) is 5.67. The molecule has 31 heavy (non-hydrogen) atoms. The molecule has 1 saturated heterocycles. The maximum Gasteiger partial charge on any atom is 0.337 e. The Bertz CT molecular complexity index is 1090. The number of nitrogens with zero attached hydrogens (tertiary/aromatic N) is 1. The van der Waals surface area contributed by atoms with E-state index in [2.05, 4.69) is 14.9 Å². The number of likely N-dealkylation sites (tertiary alicyclic amines) is 1. The molecule has 2 heterocycles. The van der Waals surface area contributed by atoms with E-state index in [1.165, 1.54) is 7.11 Å². The molecular weight excluding hydrogens is 418 g/mol. The lowest BCUT2D eigenvalue weighted by Crippen LogP contribution is -2.62. The van der Waals surface area contributed by atoms with Crippen molar-refractivity contribution in [1.29, 1.82) is 0 Å². The molecule has 0 unspecified atom stereocenters. The van der Waals surface area contributed by atoms with Crippen LogP contribution in [0, 0.1) is 6.92 Å². The lowest BCUT2D eigenvalue weighted by atomic mass is 9.96. The Morgan fingerprint density at radius 3 is 2.39 bits per heavy atom. The number of rotatable bonds is 4. The van der Waals surface area contributed by atoms with E-state index >= 15 is 0 Å². The Hall–Kier alpha value is -2.62. The molecule has 9 heteroatoms. The summed E-state index contributed by atoms with van der Waals surface area (Å²) in [6.45, 7) is 3.95. The predicted octanol–water partition coefficient (Wildman–Crippen LogP) is 2.49. The standard InChI is InChI=1S/C22H27N3O5S/c1-15-4-9-18(29-2)19-20(15)31(27,28)24-22(23-19)10-12-25(13-11-22)14-16-5-7-17(8-6-16)21(26)30-3/h4-9,23-24H,10-14H2,1-3H3. The number of hydrogen-bond acceptors (Lipinski definition) is 7. The van der Waals surface area contributed by atoms with Gasteiger partial charge in [-0.15, -0.1) is 0 Å². The van der Waals surface area contributed by atoms with Crippen molar-refractivity contribution in [2.45, 2.75) is 36.9 Å². The molecule has 0 aliphatic carbocycles. The van der Waals surface area contributed by atoms with Crippen LogP contribution in [-0.4, -0.2) is 52.3 Å². The number of carbonyl (C=O) groups excluding carboxylic acids is 1. The van der Waals surface area contributed by atoms with Crippen LogP contribution in [0.4, 0.5) is 5.69 Å². The maximum atomic E-state index is 13.1. The summed E-state index contributed by atoms with van der Waals surface area (Å²) in [4.78, 5) is 14.1. The molecule has 1 spiro atoms. The first kappa shape index (κ1) is 21.6. The molecule has 0 radical (unpaired) electrons. The Morgan fingerprint density at radius 2 is 1.77 bits per heavy atom. The minimum absolute atomic E-state index is 0.255. The Balaban J connectivity index is 1.48. The van der Waals surface area contributed by atoms with E-state index < -0.39 is 15.7 Å². The van der Waals surface area contributed by atoms with Crippen molar-refractivity contribution in [3.63, 3.8) is 0 Å². The smallest absolute Gasteiger partial charge is 0.337 e.